The lowest BCUT2D eigenvalue weighted by Gasteiger charge is -2.19. The van der Waals surface area contributed by atoms with Gasteiger partial charge in [0.25, 0.3) is 11.8 Å². The van der Waals surface area contributed by atoms with Crippen LogP contribution in [-0.4, -0.2) is 40.8 Å². The zero-order chi connectivity index (χ0) is 15.0. The molecule has 1 aromatic heterocycles. The minimum Gasteiger partial charge on any atom is -0.349 e. The molecule has 0 unspecified atom stereocenters. The monoisotopic (exact) mass is 307 g/mol. The fourth-order valence-corrected chi connectivity index (χ4v) is 3.32. The molecule has 1 N–H and O–H groups in total. The maximum atomic E-state index is 12.4. The second-order valence-electron chi connectivity index (χ2n) is 6.52. The summed E-state index contributed by atoms with van der Waals surface area (Å²) in [5, 5.41) is 5.00. The van der Waals surface area contributed by atoms with Gasteiger partial charge in [0.2, 0.25) is 0 Å². The molecule has 1 aliphatic heterocycles. The smallest absolute Gasteiger partial charge is 0.280 e. The largest absolute Gasteiger partial charge is 0.349 e. The van der Waals surface area contributed by atoms with Crippen LogP contribution in [0.15, 0.2) is 5.38 Å². The molecule has 0 aromatic carbocycles. The van der Waals surface area contributed by atoms with Crippen LogP contribution < -0.4 is 5.32 Å². The average Bonchev–Trinajstić information content (AvgIpc) is 2.90. The van der Waals surface area contributed by atoms with Crippen molar-refractivity contribution in [2.24, 2.45) is 5.41 Å². The Labute approximate surface area is 128 Å². The van der Waals surface area contributed by atoms with Crippen LogP contribution in [0.5, 0.6) is 0 Å². The number of aromatic nitrogens is 1. The van der Waals surface area contributed by atoms with Crippen molar-refractivity contribution in [2.45, 2.75) is 45.6 Å². The van der Waals surface area contributed by atoms with Crippen molar-refractivity contribution in [3.05, 3.63) is 16.1 Å². The van der Waals surface area contributed by atoms with Crippen LogP contribution in [0.2, 0.25) is 0 Å². The van der Waals surface area contributed by atoms with Crippen LogP contribution in [-0.2, 0) is 0 Å². The summed E-state index contributed by atoms with van der Waals surface area (Å²) in [7, 11) is 0. The molecule has 2 aliphatic rings. The summed E-state index contributed by atoms with van der Waals surface area (Å²) in [5.74, 6) is -0.217. The van der Waals surface area contributed by atoms with Crippen LogP contribution in [0.4, 0.5) is 0 Å². The van der Waals surface area contributed by atoms with Crippen molar-refractivity contribution in [1.82, 2.24) is 15.2 Å². The molecular formula is C15H21N3O2S. The van der Waals surface area contributed by atoms with E-state index in [1.807, 2.05) is 4.90 Å². The van der Waals surface area contributed by atoms with E-state index >= 15 is 0 Å². The van der Waals surface area contributed by atoms with Gasteiger partial charge in [-0.1, -0.05) is 6.92 Å². The minimum absolute atomic E-state index is 0.0514. The normalized spacial score (nSPS) is 23.1. The first kappa shape index (κ1) is 14.5. The zero-order valence-electron chi connectivity index (χ0n) is 12.5. The molecule has 2 fully saturated rings. The predicted octanol–water partition coefficient (Wildman–Crippen LogP) is 2.30. The number of thiazole rings is 1. The molecule has 114 valence electrons. The standard InChI is InChI=1S/C15H21N3O2S/c1-10-4-3-7-18(10)14(20)11-8-21-13(17-11)12(19)16-9-15(2)5-6-15/h8,10H,3-7,9H2,1-2H3,(H,16,19)/t10-/m0/s1. The van der Waals surface area contributed by atoms with Gasteiger partial charge in [-0.15, -0.1) is 11.3 Å². The molecule has 1 aromatic rings. The summed E-state index contributed by atoms with van der Waals surface area (Å²) in [6, 6.07) is 0.270. The number of rotatable bonds is 4. The Morgan fingerprint density at radius 3 is 2.90 bits per heavy atom. The molecule has 1 saturated heterocycles. The molecule has 2 amide bonds. The van der Waals surface area contributed by atoms with Gasteiger partial charge < -0.3 is 10.2 Å². The summed E-state index contributed by atoms with van der Waals surface area (Å²) in [4.78, 5) is 30.5. The van der Waals surface area contributed by atoms with Gasteiger partial charge in [-0.25, -0.2) is 4.98 Å². The lowest BCUT2D eigenvalue weighted by molar-refractivity contribution is 0.0742. The second kappa shape index (κ2) is 5.40. The van der Waals surface area contributed by atoms with E-state index in [2.05, 4.69) is 24.1 Å². The van der Waals surface area contributed by atoms with Gasteiger partial charge in [0.1, 0.15) is 5.69 Å². The highest BCUT2D eigenvalue weighted by atomic mass is 32.1. The Morgan fingerprint density at radius 2 is 2.29 bits per heavy atom. The van der Waals surface area contributed by atoms with Crippen LogP contribution in [0.25, 0.3) is 0 Å². The number of carbonyl (C=O) groups is 2. The Balaban J connectivity index is 1.62. The molecular weight excluding hydrogens is 286 g/mol. The maximum absolute atomic E-state index is 12.4. The summed E-state index contributed by atoms with van der Waals surface area (Å²) in [6.07, 6.45) is 4.42. The summed E-state index contributed by atoms with van der Waals surface area (Å²) in [5.41, 5.74) is 0.674. The van der Waals surface area contributed by atoms with Gasteiger partial charge in [-0.2, -0.15) is 0 Å². The number of carbonyl (C=O) groups excluding carboxylic acids is 2. The molecule has 0 bridgehead atoms. The summed E-state index contributed by atoms with van der Waals surface area (Å²) < 4.78 is 0. The molecule has 0 spiro atoms. The number of nitrogens with zero attached hydrogens (tertiary/aromatic N) is 2. The van der Waals surface area contributed by atoms with E-state index in [1.165, 1.54) is 24.2 Å². The van der Waals surface area contributed by atoms with Gasteiger partial charge in [0, 0.05) is 24.5 Å². The second-order valence-corrected chi connectivity index (χ2v) is 7.38. The lowest BCUT2D eigenvalue weighted by atomic mass is 10.1. The van der Waals surface area contributed by atoms with Gasteiger partial charge in [0.15, 0.2) is 5.01 Å². The van der Waals surface area contributed by atoms with E-state index in [9.17, 15) is 9.59 Å². The van der Waals surface area contributed by atoms with Crippen molar-refractivity contribution in [2.75, 3.05) is 13.1 Å². The van der Waals surface area contributed by atoms with Crippen LogP contribution >= 0.6 is 11.3 Å². The van der Waals surface area contributed by atoms with E-state index in [0.29, 0.717) is 17.2 Å². The fourth-order valence-electron chi connectivity index (χ4n) is 2.62. The predicted molar refractivity (Wildman–Crippen MR) is 81.5 cm³/mol. The molecule has 0 radical (unpaired) electrons. The molecule has 5 nitrogen and oxygen atoms in total. The van der Waals surface area contributed by atoms with Crippen LogP contribution in [0.3, 0.4) is 0 Å². The molecule has 1 saturated carbocycles. The molecule has 1 aliphatic carbocycles. The van der Waals surface area contributed by atoms with E-state index in [-0.39, 0.29) is 23.3 Å². The molecule has 2 heterocycles. The number of hydrogen-bond donors (Lipinski definition) is 1. The fraction of sp³-hybridized carbons (Fsp3) is 0.667. The Hall–Kier alpha value is -1.43. The SMILES string of the molecule is C[C@H]1CCCN1C(=O)c1csc(C(=O)NCC2(C)CC2)n1. The van der Waals surface area contributed by atoms with E-state index in [1.54, 1.807) is 5.38 Å². The van der Waals surface area contributed by atoms with Crippen molar-refractivity contribution in [3.63, 3.8) is 0 Å². The first-order chi connectivity index (χ1) is 9.98. The van der Waals surface area contributed by atoms with Gasteiger partial charge in [0.05, 0.1) is 0 Å². The highest BCUT2D eigenvalue weighted by Gasteiger charge is 2.37. The van der Waals surface area contributed by atoms with Gasteiger partial charge in [-0.3, -0.25) is 9.59 Å². The maximum Gasteiger partial charge on any atom is 0.280 e. The van der Waals surface area contributed by atoms with Crippen LogP contribution in [0.1, 0.15) is 59.8 Å². The minimum atomic E-state index is -0.165. The third kappa shape index (κ3) is 3.10. The number of hydrogen-bond acceptors (Lipinski definition) is 4. The zero-order valence-corrected chi connectivity index (χ0v) is 13.3. The van der Waals surface area contributed by atoms with E-state index < -0.39 is 0 Å². The van der Waals surface area contributed by atoms with Crippen molar-refractivity contribution in [1.29, 1.82) is 0 Å². The number of amides is 2. The van der Waals surface area contributed by atoms with Crippen molar-refractivity contribution >= 4 is 23.2 Å². The highest BCUT2D eigenvalue weighted by molar-refractivity contribution is 7.11. The average molecular weight is 307 g/mol. The van der Waals surface area contributed by atoms with Crippen LogP contribution in [0, 0.1) is 5.41 Å². The first-order valence-electron chi connectivity index (χ1n) is 7.53. The Morgan fingerprint density at radius 1 is 1.52 bits per heavy atom. The third-order valence-corrected chi connectivity index (χ3v) is 5.35. The topological polar surface area (TPSA) is 62.3 Å². The number of nitrogens with one attached hydrogen (secondary N) is 1. The third-order valence-electron chi connectivity index (χ3n) is 4.51. The van der Waals surface area contributed by atoms with Gasteiger partial charge >= 0.3 is 0 Å². The molecule has 21 heavy (non-hydrogen) atoms. The van der Waals surface area contributed by atoms with E-state index in [0.717, 1.165) is 19.4 Å². The Bertz CT molecular complexity index is 565. The first-order valence-corrected chi connectivity index (χ1v) is 8.41. The summed E-state index contributed by atoms with van der Waals surface area (Å²) in [6.45, 7) is 5.70. The highest BCUT2D eigenvalue weighted by Crippen LogP contribution is 2.44. The van der Waals surface area contributed by atoms with Crippen molar-refractivity contribution in [3.8, 4) is 0 Å². The van der Waals surface area contributed by atoms with Gasteiger partial charge in [-0.05, 0) is 38.0 Å². The molecule has 6 heteroatoms. The Kier molecular flexibility index (Phi) is 3.73. The molecule has 3 rings (SSSR count). The quantitative estimate of drug-likeness (QED) is 0.928. The summed E-state index contributed by atoms with van der Waals surface area (Å²) >= 11 is 1.25. The molecule has 1 atom stereocenters. The number of likely N-dealkylation sites (tertiary alicyclic amines) is 1. The van der Waals surface area contributed by atoms with Crippen molar-refractivity contribution < 1.29 is 9.59 Å². The van der Waals surface area contributed by atoms with E-state index in [4.69, 9.17) is 0 Å². The lowest BCUT2D eigenvalue weighted by Crippen LogP contribution is -2.34.